The molecule has 1 aromatic rings. The van der Waals surface area contributed by atoms with E-state index in [1.54, 1.807) is 30.3 Å². The molecule has 0 bridgehead atoms. The number of ether oxygens (including phenoxy) is 1. The Bertz CT molecular complexity index is 700. The highest BCUT2D eigenvalue weighted by Gasteiger charge is 2.47. The molecule has 1 rings (SSSR count). The lowest BCUT2D eigenvalue weighted by atomic mass is 10.0. The summed E-state index contributed by atoms with van der Waals surface area (Å²) < 4.78 is 30.5. The number of primary amides is 1. The van der Waals surface area contributed by atoms with E-state index in [4.69, 9.17) is 16.2 Å². The topological polar surface area (TPSA) is 130 Å². The second-order valence-electron chi connectivity index (χ2n) is 6.40. The molecule has 1 atom stereocenters. The molecule has 0 fully saturated rings. The van der Waals surface area contributed by atoms with Crippen molar-refractivity contribution >= 4 is 21.7 Å². The zero-order valence-corrected chi connectivity index (χ0v) is 16.1. The fourth-order valence-corrected chi connectivity index (χ4v) is 4.99. The molecule has 0 saturated heterocycles. The Morgan fingerprint density at radius 2 is 1.65 bits per heavy atom. The summed E-state index contributed by atoms with van der Waals surface area (Å²) >= 11 is 0. The lowest BCUT2D eigenvalue weighted by molar-refractivity contribution is -0.153. The molecule has 0 aliphatic heterocycles. The van der Waals surface area contributed by atoms with E-state index in [9.17, 15) is 18.0 Å². The number of nitrogens with two attached hydrogens (primary N) is 2. The fourth-order valence-electron chi connectivity index (χ4n) is 2.67. The predicted molar refractivity (Wildman–Crippen MR) is 99.7 cm³/mol. The first kappa shape index (κ1) is 22.1. The van der Waals surface area contributed by atoms with Crippen LogP contribution in [0.25, 0.3) is 0 Å². The van der Waals surface area contributed by atoms with Crippen LogP contribution in [0.15, 0.2) is 30.3 Å². The summed E-state index contributed by atoms with van der Waals surface area (Å²) in [6.07, 6.45) is 2.20. The first-order valence-corrected chi connectivity index (χ1v) is 10.4. The maximum Gasteiger partial charge on any atom is 0.337 e. The van der Waals surface area contributed by atoms with E-state index in [-0.39, 0.29) is 6.61 Å². The Morgan fingerprint density at radius 3 is 2.12 bits per heavy atom. The molecule has 0 aliphatic rings. The summed E-state index contributed by atoms with van der Waals surface area (Å²) in [4.78, 5) is 24.2. The summed E-state index contributed by atoms with van der Waals surface area (Å²) in [6, 6.07) is 8.78. The smallest absolute Gasteiger partial charge is 0.337 e. The van der Waals surface area contributed by atoms with Crippen LogP contribution >= 0.6 is 0 Å². The SMILES string of the molecule is CCCC(CCC)S(=O)(=O)C[C@](N)(C(N)=O)C(=O)OCc1ccccc1. The molecule has 0 saturated carbocycles. The maximum atomic E-state index is 12.7. The van der Waals surface area contributed by atoms with Gasteiger partial charge in [0.05, 0.1) is 11.0 Å². The largest absolute Gasteiger partial charge is 0.459 e. The van der Waals surface area contributed by atoms with Crippen molar-refractivity contribution in [3.63, 3.8) is 0 Å². The molecular formula is C18H28N2O5S. The van der Waals surface area contributed by atoms with Crippen molar-refractivity contribution in [2.24, 2.45) is 11.5 Å². The van der Waals surface area contributed by atoms with Crippen molar-refractivity contribution in [3.05, 3.63) is 35.9 Å². The molecule has 4 N–H and O–H groups in total. The number of hydrogen-bond acceptors (Lipinski definition) is 6. The van der Waals surface area contributed by atoms with E-state index in [1.807, 2.05) is 13.8 Å². The van der Waals surface area contributed by atoms with Crippen molar-refractivity contribution in [1.82, 2.24) is 0 Å². The third-order valence-corrected chi connectivity index (χ3v) is 6.52. The van der Waals surface area contributed by atoms with Gasteiger partial charge >= 0.3 is 5.97 Å². The summed E-state index contributed by atoms with van der Waals surface area (Å²) in [5.74, 6) is -3.21. The molecule has 7 nitrogen and oxygen atoms in total. The van der Waals surface area contributed by atoms with E-state index < -0.39 is 38.3 Å². The third kappa shape index (κ3) is 5.81. The predicted octanol–water partition coefficient (Wildman–Crippen LogP) is 1.30. The number of benzene rings is 1. The molecule has 1 aromatic carbocycles. The number of sulfone groups is 1. The van der Waals surface area contributed by atoms with E-state index in [0.717, 1.165) is 0 Å². The minimum Gasteiger partial charge on any atom is -0.459 e. The number of amides is 1. The minimum absolute atomic E-state index is 0.126. The number of hydrogen-bond donors (Lipinski definition) is 2. The second kappa shape index (κ2) is 9.68. The first-order chi connectivity index (χ1) is 12.2. The van der Waals surface area contributed by atoms with Crippen LogP contribution in [0.3, 0.4) is 0 Å². The van der Waals surface area contributed by atoms with Crippen LogP contribution in [-0.4, -0.2) is 36.8 Å². The monoisotopic (exact) mass is 384 g/mol. The van der Waals surface area contributed by atoms with Crippen molar-refractivity contribution in [1.29, 1.82) is 0 Å². The third-order valence-electron chi connectivity index (χ3n) is 4.17. The van der Waals surface area contributed by atoms with Gasteiger partial charge in [-0.15, -0.1) is 0 Å². The molecule has 146 valence electrons. The highest BCUT2D eigenvalue weighted by molar-refractivity contribution is 7.92. The molecule has 26 heavy (non-hydrogen) atoms. The fraction of sp³-hybridized carbons (Fsp3) is 0.556. The molecule has 0 spiro atoms. The van der Waals surface area contributed by atoms with Gasteiger partial charge in [-0.3, -0.25) is 4.79 Å². The molecular weight excluding hydrogens is 356 g/mol. The van der Waals surface area contributed by atoms with E-state index >= 15 is 0 Å². The van der Waals surface area contributed by atoms with Crippen molar-refractivity contribution in [2.75, 3.05) is 5.75 Å². The normalized spacial score (nSPS) is 14.0. The summed E-state index contributed by atoms with van der Waals surface area (Å²) in [7, 11) is -3.80. The molecule has 0 aromatic heterocycles. The second-order valence-corrected chi connectivity index (χ2v) is 8.68. The Hall–Kier alpha value is -1.93. The molecule has 0 heterocycles. The molecule has 0 aliphatic carbocycles. The van der Waals surface area contributed by atoms with Gasteiger partial charge in [0.15, 0.2) is 9.84 Å². The van der Waals surface area contributed by atoms with E-state index in [0.29, 0.717) is 31.2 Å². The van der Waals surface area contributed by atoms with Crippen LogP contribution < -0.4 is 11.5 Å². The van der Waals surface area contributed by atoms with Gasteiger partial charge < -0.3 is 16.2 Å². The zero-order valence-electron chi connectivity index (χ0n) is 15.3. The standard InChI is InChI=1S/C18H28N2O5S/c1-3-8-15(9-4-2)26(23,24)13-18(20,16(19)21)17(22)25-12-14-10-6-5-7-11-14/h5-7,10-11,15H,3-4,8-9,12-13,20H2,1-2H3,(H2,19,21)/t18-/m0/s1. The zero-order chi connectivity index (χ0) is 19.8. The Balaban J connectivity index is 2.96. The quantitative estimate of drug-likeness (QED) is 0.437. The number of rotatable bonds is 11. The van der Waals surface area contributed by atoms with Crippen LogP contribution in [0.4, 0.5) is 0 Å². The molecule has 0 radical (unpaired) electrons. The van der Waals surface area contributed by atoms with Gasteiger partial charge in [0.2, 0.25) is 11.4 Å². The molecule has 0 unspecified atom stereocenters. The molecule has 1 amide bonds. The van der Waals surface area contributed by atoms with Gasteiger partial charge in [-0.25, -0.2) is 13.2 Å². The highest BCUT2D eigenvalue weighted by Crippen LogP contribution is 2.20. The summed E-state index contributed by atoms with van der Waals surface area (Å²) in [5.41, 5.74) is 9.38. The maximum absolute atomic E-state index is 12.7. The van der Waals surface area contributed by atoms with Gasteiger partial charge in [-0.2, -0.15) is 0 Å². The van der Waals surface area contributed by atoms with Gasteiger partial charge in [-0.05, 0) is 18.4 Å². The van der Waals surface area contributed by atoms with Gasteiger partial charge in [0, 0.05) is 0 Å². The molecule has 8 heteroatoms. The van der Waals surface area contributed by atoms with E-state index in [2.05, 4.69) is 0 Å². The van der Waals surface area contributed by atoms with Crippen LogP contribution in [0.1, 0.15) is 45.1 Å². The first-order valence-electron chi connectivity index (χ1n) is 8.68. The lowest BCUT2D eigenvalue weighted by Crippen LogP contribution is -2.63. The highest BCUT2D eigenvalue weighted by atomic mass is 32.2. The van der Waals surface area contributed by atoms with Crippen LogP contribution in [-0.2, 0) is 30.8 Å². The summed E-state index contributed by atoms with van der Waals surface area (Å²) in [5, 5.41) is -0.665. The van der Waals surface area contributed by atoms with Crippen molar-refractivity contribution in [2.45, 2.75) is 56.9 Å². The average Bonchev–Trinajstić information content (AvgIpc) is 2.59. The Morgan fingerprint density at radius 1 is 1.12 bits per heavy atom. The van der Waals surface area contributed by atoms with Crippen LogP contribution in [0.2, 0.25) is 0 Å². The van der Waals surface area contributed by atoms with Crippen molar-refractivity contribution in [3.8, 4) is 0 Å². The van der Waals surface area contributed by atoms with Crippen LogP contribution in [0, 0.1) is 0 Å². The van der Waals surface area contributed by atoms with Gasteiger partial charge in [0.25, 0.3) is 0 Å². The summed E-state index contributed by atoms with van der Waals surface area (Å²) in [6.45, 7) is 3.62. The number of carbonyl (C=O) groups excluding carboxylic acids is 2. The van der Waals surface area contributed by atoms with Crippen molar-refractivity contribution < 1.29 is 22.7 Å². The van der Waals surface area contributed by atoms with Gasteiger partial charge in [-0.1, -0.05) is 57.0 Å². The van der Waals surface area contributed by atoms with Gasteiger partial charge in [0.1, 0.15) is 6.61 Å². The average molecular weight is 384 g/mol. The number of esters is 1. The number of carbonyl (C=O) groups is 2. The Kier molecular flexibility index (Phi) is 8.23. The minimum atomic E-state index is -3.80. The van der Waals surface area contributed by atoms with E-state index in [1.165, 1.54) is 0 Å². The lowest BCUT2D eigenvalue weighted by Gasteiger charge is -2.26. The Labute approximate surface area is 155 Å². The van der Waals surface area contributed by atoms with Crippen LogP contribution in [0.5, 0.6) is 0 Å².